The highest BCUT2D eigenvalue weighted by Gasteiger charge is 2.38. The molecule has 2 aromatic heterocycles. The fourth-order valence-electron chi connectivity index (χ4n) is 3.78. The monoisotopic (exact) mass is 371 g/mol. The Labute approximate surface area is 157 Å². The molecule has 1 amide bonds. The second-order valence-electron chi connectivity index (χ2n) is 6.95. The topological polar surface area (TPSA) is 71.5 Å². The number of anilines is 1. The Morgan fingerprint density at radius 3 is 2.67 bits per heavy atom. The van der Waals surface area contributed by atoms with E-state index in [0.717, 1.165) is 18.7 Å². The second-order valence-corrected chi connectivity index (χ2v) is 6.95. The van der Waals surface area contributed by atoms with E-state index < -0.39 is 0 Å². The Morgan fingerprint density at radius 2 is 1.93 bits per heavy atom. The molecule has 4 rings (SSSR count). The van der Waals surface area contributed by atoms with Gasteiger partial charge in [0.05, 0.1) is 18.8 Å². The Morgan fingerprint density at radius 1 is 1.19 bits per heavy atom. The van der Waals surface area contributed by atoms with Gasteiger partial charge in [0.15, 0.2) is 0 Å². The minimum atomic E-state index is -0.358. The summed E-state index contributed by atoms with van der Waals surface area (Å²) in [6.45, 7) is 3.60. The van der Waals surface area contributed by atoms with Gasteiger partial charge in [0.25, 0.3) is 0 Å². The lowest BCUT2D eigenvalue weighted by molar-refractivity contribution is -0.182. The summed E-state index contributed by atoms with van der Waals surface area (Å²) in [5, 5.41) is 1.45. The van der Waals surface area contributed by atoms with E-state index in [1.807, 2.05) is 0 Å². The van der Waals surface area contributed by atoms with E-state index in [4.69, 9.17) is 4.84 Å². The predicted octanol–water partition coefficient (Wildman–Crippen LogP) is 2.44. The average molecular weight is 371 g/mol. The summed E-state index contributed by atoms with van der Waals surface area (Å²) in [6, 6.07) is 1.50. The molecule has 0 radical (unpaired) electrons. The van der Waals surface area contributed by atoms with Gasteiger partial charge in [-0.15, -0.1) is 0 Å². The highest BCUT2D eigenvalue weighted by Crippen LogP contribution is 2.35. The number of aromatic nitrogens is 3. The molecule has 2 saturated heterocycles. The van der Waals surface area contributed by atoms with Gasteiger partial charge in [-0.3, -0.25) is 14.6 Å². The van der Waals surface area contributed by atoms with Gasteiger partial charge in [-0.2, -0.15) is 0 Å². The van der Waals surface area contributed by atoms with Crippen LogP contribution in [-0.2, 0) is 9.63 Å². The summed E-state index contributed by atoms with van der Waals surface area (Å²) in [5.41, 5.74) is 1.24. The first-order valence-corrected chi connectivity index (χ1v) is 9.23. The molecule has 0 N–H and O–H groups in total. The van der Waals surface area contributed by atoms with Crippen molar-refractivity contribution < 1.29 is 14.0 Å². The van der Waals surface area contributed by atoms with Crippen LogP contribution in [0.2, 0.25) is 0 Å². The van der Waals surface area contributed by atoms with Crippen LogP contribution < -0.4 is 4.90 Å². The van der Waals surface area contributed by atoms with Crippen molar-refractivity contribution in [3.63, 3.8) is 0 Å². The van der Waals surface area contributed by atoms with E-state index >= 15 is 0 Å². The zero-order valence-corrected chi connectivity index (χ0v) is 15.2. The fraction of sp³-hybridized carbons (Fsp3) is 0.474. The number of amides is 1. The molecule has 8 heteroatoms. The standard InChI is InChI=1S/C19H22FN5O2/c1-13-15(11-21-12-16(13)20)17-5-10-27-25(17)18(26)14-3-8-24(9-4-14)19-22-6-2-7-23-19/h2,6-7,11-12,14,17H,3-5,8-10H2,1H3/t17-/m0/s1. The van der Waals surface area contributed by atoms with Gasteiger partial charge in [-0.25, -0.2) is 19.4 Å². The van der Waals surface area contributed by atoms with E-state index in [1.165, 1.54) is 11.3 Å². The lowest BCUT2D eigenvalue weighted by Gasteiger charge is -2.34. The number of hydroxylamine groups is 2. The first-order valence-electron chi connectivity index (χ1n) is 9.23. The smallest absolute Gasteiger partial charge is 0.249 e. The number of halogens is 1. The number of carbonyl (C=O) groups excluding carboxylic acids is 1. The molecule has 2 aliphatic rings. The molecule has 2 fully saturated rings. The van der Waals surface area contributed by atoms with E-state index in [9.17, 15) is 9.18 Å². The van der Waals surface area contributed by atoms with Crippen LogP contribution in [0.15, 0.2) is 30.9 Å². The minimum Gasteiger partial charge on any atom is -0.341 e. The van der Waals surface area contributed by atoms with Gasteiger partial charge < -0.3 is 4.90 Å². The van der Waals surface area contributed by atoms with Crippen LogP contribution in [0.1, 0.15) is 36.4 Å². The number of piperidine rings is 1. The molecule has 0 aromatic carbocycles. The number of rotatable bonds is 3. The second kappa shape index (κ2) is 7.56. The molecule has 0 unspecified atom stereocenters. The van der Waals surface area contributed by atoms with Crippen molar-refractivity contribution in [3.05, 3.63) is 47.8 Å². The molecule has 7 nitrogen and oxygen atoms in total. The molecule has 1 atom stereocenters. The van der Waals surface area contributed by atoms with Crippen LogP contribution in [0.5, 0.6) is 0 Å². The first kappa shape index (κ1) is 17.8. The van der Waals surface area contributed by atoms with Crippen LogP contribution in [0, 0.1) is 18.7 Å². The quantitative estimate of drug-likeness (QED) is 0.825. The molecule has 0 bridgehead atoms. The average Bonchev–Trinajstić information content (AvgIpc) is 3.20. The SMILES string of the molecule is Cc1c(F)cncc1[C@@H]1CCON1C(=O)C1CCN(c2ncccn2)CC1. The van der Waals surface area contributed by atoms with Crippen LogP contribution in [0.3, 0.4) is 0 Å². The molecule has 0 saturated carbocycles. The van der Waals surface area contributed by atoms with Gasteiger partial charge in [-0.1, -0.05) is 0 Å². The molecule has 2 aliphatic heterocycles. The summed E-state index contributed by atoms with van der Waals surface area (Å²) in [4.78, 5) is 33.3. The molecule has 142 valence electrons. The van der Waals surface area contributed by atoms with Crippen molar-refractivity contribution >= 4 is 11.9 Å². The van der Waals surface area contributed by atoms with Crippen LogP contribution in [0.4, 0.5) is 10.3 Å². The number of nitrogens with zero attached hydrogens (tertiary/aromatic N) is 5. The highest BCUT2D eigenvalue weighted by molar-refractivity contribution is 5.79. The molecular weight excluding hydrogens is 349 g/mol. The van der Waals surface area contributed by atoms with Crippen molar-refractivity contribution in [1.29, 1.82) is 0 Å². The summed E-state index contributed by atoms with van der Waals surface area (Å²) in [6.07, 6.45) is 8.34. The third-order valence-electron chi connectivity index (χ3n) is 5.35. The molecule has 0 aliphatic carbocycles. The van der Waals surface area contributed by atoms with Crippen molar-refractivity contribution in [3.8, 4) is 0 Å². The summed E-state index contributed by atoms with van der Waals surface area (Å²) in [7, 11) is 0. The van der Waals surface area contributed by atoms with Gasteiger partial charge in [0, 0.05) is 49.6 Å². The number of hydrogen-bond acceptors (Lipinski definition) is 6. The largest absolute Gasteiger partial charge is 0.341 e. The highest BCUT2D eigenvalue weighted by atomic mass is 19.1. The summed E-state index contributed by atoms with van der Waals surface area (Å²) in [5.74, 6) is 0.185. The van der Waals surface area contributed by atoms with Crippen molar-refractivity contribution in [1.82, 2.24) is 20.0 Å². The molecular formula is C19H22FN5O2. The third kappa shape index (κ3) is 3.49. The first-order chi connectivity index (χ1) is 13.1. The van der Waals surface area contributed by atoms with E-state index in [-0.39, 0.29) is 23.7 Å². The van der Waals surface area contributed by atoms with Gasteiger partial charge in [-0.05, 0) is 31.4 Å². The summed E-state index contributed by atoms with van der Waals surface area (Å²) >= 11 is 0. The predicted molar refractivity (Wildman–Crippen MR) is 96.1 cm³/mol. The maximum Gasteiger partial charge on any atom is 0.249 e. The van der Waals surface area contributed by atoms with Crippen LogP contribution in [-0.4, -0.2) is 45.6 Å². The maximum atomic E-state index is 13.9. The van der Waals surface area contributed by atoms with E-state index in [1.54, 1.807) is 31.6 Å². The zero-order chi connectivity index (χ0) is 18.8. The summed E-state index contributed by atoms with van der Waals surface area (Å²) < 4.78 is 13.9. The van der Waals surface area contributed by atoms with Crippen molar-refractivity contribution in [2.45, 2.75) is 32.2 Å². The number of hydrogen-bond donors (Lipinski definition) is 0. The Hall–Kier alpha value is -2.61. The van der Waals surface area contributed by atoms with Gasteiger partial charge in [0.2, 0.25) is 11.9 Å². The molecule has 4 heterocycles. The molecule has 0 spiro atoms. The van der Waals surface area contributed by atoms with Gasteiger partial charge in [0.1, 0.15) is 5.82 Å². The third-order valence-corrected chi connectivity index (χ3v) is 5.35. The van der Waals surface area contributed by atoms with E-state index in [2.05, 4.69) is 19.9 Å². The normalized spacial score (nSPS) is 20.9. The van der Waals surface area contributed by atoms with Crippen LogP contribution in [0.25, 0.3) is 0 Å². The number of pyridine rings is 1. The molecule has 2 aromatic rings. The maximum absolute atomic E-state index is 13.9. The lowest BCUT2D eigenvalue weighted by atomic mass is 9.94. The fourth-order valence-corrected chi connectivity index (χ4v) is 3.78. The van der Waals surface area contributed by atoms with Gasteiger partial charge >= 0.3 is 0 Å². The van der Waals surface area contributed by atoms with Crippen molar-refractivity contribution in [2.75, 3.05) is 24.6 Å². The Kier molecular flexibility index (Phi) is 4.98. The van der Waals surface area contributed by atoms with E-state index in [0.29, 0.717) is 37.4 Å². The molecule has 27 heavy (non-hydrogen) atoms. The number of carbonyl (C=O) groups is 1. The zero-order valence-electron chi connectivity index (χ0n) is 15.2. The Balaban J connectivity index is 1.44. The minimum absolute atomic E-state index is 0.0326. The van der Waals surface area contributed by atoms with Crippen molar-refractivity contribution in [2.24, 2.45) is 5.92 Å². The lowest BCUT2D eigenvalue weighted by Crippen LogP contribution is -2.42. The van der Waals surface area contributed by atoms with Crippen LogP contribution >= 0.6 is 0 Å². The Bertz CT molecular complexity index is 811.